The third-order valence-electron chi connectivity index (χ3n) is 3.67. The van der Waals surface area contributed by atoms with Crippen LogP contribution >= 0.6 is 0 Å². The van der Waals surface area contributed by atoms with Crippen LogP contribution in [0.25, 0.3) is 22.1 Å². The Morgan fingerprint density at radius 2 is 1.85 bits per heavy atom. The van der Waals surface area contributed by atoms with Crippen LogP contribution in [0.5, 0.6) is 5.75 Å². The molecule has 0 bridgehead atoms. The third kappa shape index (κ3) is 3.20. The van der Waals surface area contributed by atoms with Gasteiger partial charge in [0.05, 0.1) is 5.52 Å². The van der Waals surface area contributed by atoms with E-state index in [0.717, 1.165) is 5.39 Å². The minimum Gasteiger partial charge on any atom is -0.484 e. The number of nitrogens with one attached hydrogen (secondary N) is 2. The van der Waals surface area contributed by atoms with Gasteiger partial charge in [0.2, 0.25) is 0 Å². The van der Waals surface area contributed by atoms with Gasteiger partial charge in [-0.05, 0) is 36.4 Å². The van der Waals surface area contributed by atoms with Crippen molar-refractivity contribution in [3.05, 3.63) is 69.5 Å². The molecule has 2 heterocycles. The minimum absolute atomic E-state index is 0.234. The number of oxazole rings is 1. The maximum absolute atomic E-state index is 12.0. The van der Waals surface area contributed by atoms with Crippen molar-refractivity contribution >= 4 is 33.7 Å². The highest BCUT2D eigenvalue weighted by Gasteiger charge is 2.07. The van der Waals surface area contributed by atoms with E-state index in [-0.39, 0.29) is 12.5 Å². The fraction of sp³-hybridized carbons (Fsp3) is 0.0556. The Morgan fingerprint density at radius 1 is 1.00 bits per heavy atom. The molecule has 0 unspecified atom stereocenters. The molecule has 0 saturated carbocycles. The average Bonchev–Trinajstić information content (AvgIpc) is 2.99. The number of hydrogen-bond acceptors (Lipinski definition) is 6. The largest absolute Gasteiger partial charge is 0.484 e. The number of aromatic amines is 1. The second-order valence-electron chi connectivity index (χ2n) is 5.52. The number of ether oxygens (including phenoxy) is 1. The maximum Gasteiger partial charge on any atom is 0.417 e. The van der Waals surface area contributed by atoms with Crippen LogP contribution < -0.4 is 21.4 Å². The third-order valence-corrected chi connectivity index (χ3v) is 3.67. The summed E-state index contributed by atoms with van der Waals surface area (Å²) in [5.41, 5.74) is 1.30. The molecule has 1 amide bonds. The van der Waals surface area contributed by atoms with Gasteiger partial charge in [-0.3, -0.25) is 9.78 Å². The first kappa shape index (κ1) is 15.7. The first-order valence-electron chi connectivity index (χ1n) is 7.66. The topological polar surface area (TPSA) is 115 Å². The van der Waals surface area contributed by atoms with Crippen molar-refractivity contribution in [2.75, 3.05) is 11.9 Å². The van der Waals surface area contributed by atoms with Gasteiger partial charge < -0.3 is 18.9 Å². The summed E-state index contributed by atoms with van der Waals surface area (Å²) in [5, 5.41) is 3.41. The lowest BCUT2D eigenvalue weighted by Gasteiger charge is -2.08. The summed E-state index contributed by atoms with van der Waals surface area (Å²) < 4.78 is 15.4. The van der Waals surface area contributed by atoms with Gasteiger partial charge in [0.25, 0.3) is 5.91 Å². The fourth-order valence-corrected chi connectivity index (χ4v) is 2.51. The van der Waals surface area contributed by atoms with E-state index in [1.165, 1.54) is 6.07 Å². The van der Waals surface area contributed by atoms with Crippen molar-refractivity contribution in [2.45, 2.75) is 0 Å². The van der Waals surface area contributed by atoms with E-state index in [9.17, 15) is 14.4 Å². The summed E-state index contributed by atoms with van der Waals surface area (Å²) in [6.45, 7) is -0.234. The SMILES string of the molecule is O=C(COc1ccc2ccc(=O)oc2c1)Nc1ccc2oc(=O)[nH]c2c1. The summed E-state index contributed by atoms with van der Waals surface area (Å²) in [6.07, 6.45) is 0. The zero-order valence-corrected chi connectivity index (χ0v) is 13.3. The lowest BCUT2D eigenvalue weighted by atomic mass is 10.2. The van der Waals surface area contributed by atoms with Crippen LogP contribution in [-0.2, 0) is 4.79 Å². The van der Waals surface area contributed by atoms with Crippen LogP contribution in [0.3, 0.4) is 0 Å². The molecular weight excluding hydrogens is 340 g/mol. The summed E-state index contributed by atoms with van der Waals surface area (Å²) in [7, 11) is 0. The highest BCUT2D eigenvalue weighted by atomic mass is 16.5. The summed E-state index contributed by atoms with van der Waals surface area (Å²) >= 11 is 0. The molecule has 0 aliphatic rings. The van der Waals surface area contributed by atoms with Crippen LogP contribution in [0.2, 0.25) is 0 Å². The molecule has 2 aromatic heterocycles. The van der Waals surface area contributed by atoms with Crippen molar-refractivity contribution in [1.29, 1.82) is 0 Å². The predicted octanol–water partition coefficient (Wildman–Crippen LogP) is 2.25. The standard InChI is InChI=1S/C18H12N2O6/c21-16(19-11-3-5-14-13(7-11)20-18(23)26-14)9-24-12-4-1-10-2-6-17(22)25-15(10)8-12/h1-8H,9H2,(H,19,21)(H,20,23). The Kier molecular flexibility index (Phi) is 3.77. The van der Waals surface area contributed by atoms with Crippen molar-refractivity contribution in [1.82, 2.24) is 4.98 Å². The van der Waals surface area contributed by atoms with Gasteiger partial charge in [0.1, 0.15) is 11.3 Å². The normalized spacial score (nSPS) is 10.9. The Bertz CT molecular complexity index is 1230. The summed E-state index contributed by atoms with van der Waals surface area (Å²) in [5.74, 6) is -0.545. The first-order valence-corrected chi connectivity index (χ1v) is 7.66. The van der Waals surface area contributed by atoms with Gasteiger partial charge in [0.15, 0.2) is 12.2 Å². The van der Waals surface area contributed by atoms with Crippen molar-refractivity contribution in [3.63, 3.8) is 0 Å². The second kappa shape index (κ2) is 6.25. The zero-order chi connectivity index (χ0) is 18.1. The number of aromatic nitrogens is 1. The molecule has 0 aliphatic carbocycles. The Morgan fingerprint density at radius 3 is 2.73 bits per heavy atom. The van der Waals surface area contributed by atoms with Gasteiger partial charge in [-0.15, -0.1) is 0 Å². The van der Waals surface area contributed by atoms with Crippen LogP contribution in [0.15, 0.2) is 67.0 Å². The molecule has 0 atom stereocenters. The molecule has 0 aliphatic heterocycles. The number of rotatable bonds is 4. The number of fused-ring (bicyclic) bond motifs is 2. The van der Waals surface area contributed by atoms with E-state index in [0.29, 0.717) is 28.1 Å². The number of hydrogen-bond donors (Lipinski definition) is 2. The number of carbonyl (C=O) groups excluding carboxylic acids is 1. The van der Waals surface area contributed by atoms with E-state index in [4.69, 9.17) is 13.6 Å². The van der Waals surface area contributed by atoms with E-state index in [2.05, 4.69) is 10.3 Å². The lowest BCUT2D eigenvalue weighted by molar-refractivity contribution is -0.118. The highest BCUT2D eigenvalue weighted by molar-refractivity contribution is 5.93. The molecule has 0 spiro atoms. The molecule has 0 radical (unpaired) electrons. The maximum atomic E-state index is 12.0. The van der Waals surface area contributed by atoms with Crippen molar-refractivity contribution < 1.29 is 18.4 Å². The van der Waals surface area contributed by atoms with Gasteiger partial charge in [-0.2, -0.15) is 0 Å². The summed E-state index contributed by atoms with van der Waals surface area (Å²) in [4.78, 5) is 36.9. The van der Waals surface area contributed by atoms with Gasteiger partial charge in [-0.1, -0.05) is 0 Å². The number of anilines is 1. The van der Waals surface area contributed by atoms with E-state index in [1.807, 2.05) is 0 Å². The minimum atomic E-state index is -0.560. The lowest BCUT2D eigenvalue weighted by Crippen LogP contribution is -2.20. The van der Waals surface area contributed by atoms with Crippen LogP contribution in [0, 0.1) is 0 Å². The van der Waals surface area contributed by atoms with Crippen LogP contribution in [-0.4, -0.2) is 17.5 Å². The predicted molar refractivity (Wildman–Crippen MR) is 93.4 cm³/mol. The summed E-state index contributed by atoms with van der Waals surface area (Å²) in [6, 6.07) is 12.7. The van der Waals surface area contributed by atoms with E-state index in [1.54, 1.807) is 42.5 Å². The average molecular weight is 352 g/mol. The molecule has 4 rings (SSSR count). The molecule has 0 fully saturated rings. The number of H-pyrrole nitrogens is 1. The van der Waals surface area contributed by atoms with Gasteiger partial charge in [-0.25, -0.2) is 9.59 Å². The molecule has 0 saturated heterocycles. The Labute approximate surface area is 145 Å². The molecular formula is C18H12N2O6. The monoisotopic (exact) mass is 352 g/mol. The van der Waals surface area contributed by atoms with Crippen molar-refractivity contribution in [3.8, 4) is 5.75 Å². The number of carbonyl (C=O) groups is 1. The molecule has 8 heteroatoms. The highest BCUT2D eigenvalue weighted by Crippen LogP contribution is 2.20. The van der Waals surface area contributed by atoms with Crippen LogP contribution in [0.1, 0.15) is 0 Å². The Balaban J connectivity index is 1.44. The molecule has 2 N–H and O–H groups in total. The smallest absolute Gasteiger partial charge is 0.417 e. The second-order valence-corrected chi connectivity index (χ2v) is 5.52. The van der Waals surface area contributed by atoms with Gasteiger partial charge in [0, 0.05) is 23.2 Å². The molecule has 8 nitrogen and oxygen atoms in total. The van der Waals surface area contributed by atoms with Gasteiger partial charge >= 0.3 is 11.4 Å². The van der Waals surface area contributed by atoms with E-state index < -0.39 is 11.4 Å². The zero-order valence-electron chi connectivity index (χ0n) is 13.3. The molecule has 26 heavy (non-hydrogen) atoms. The van der Waals surface area contributed by atoms with E-state index >= 15 is 0 Å². The number of benzene rings is 2. The molecule has 4 aromatic rings. The Hall–Kier alpha value is -3.81. The fourth-order valence-electron chi connectivity index (χ4n) is 2.51. The number of amides is 1. The van der Waals surface area contributed by atoms with Crippen molar-refractivity contribution in [2.24, 2.45) is 0 Å². The first-order chi connectivity index (χ1) is 12.6. The van der Waals surface area contributed by atoms with Crippen LogP contribution in [0.4, 0.5) is 5.69 Å². The molecule has 2 aromatic carbocycles. The molecule has 130 valence electrons. The quantitative estimate of drug-likeness (QED) is 0.544.